The number of hydrogen-bond acceptors (Lipinski definition) is 5. The number of benzene rings is 1. The van der Waals surface area contributed by atoms with E-state index in [0.29, 0.717) is 6.42 Å². The summed E-state index contributed by atoms with van der Waals surface area (Å²) in [6, 6.07) is 5.21. The average Bonchev–Trinajstić information content (AvgIpc) is 2.74. The third-order valence-electron chi connectivity index (χ3n) is 5.45. The largest absolute Gasteiger partial charge is 0.480 e. The first-order valence-corrected chi connectivity index (χ1v) is 11.8. The van der Waals surface area contributed by atoms with E-state index in [-0.39, 0.29) is 24.2 Å². The number of hydrogen-bond donors (Lipinski definition) is 5. The Bertz CT molecular complexity index is 826. The molecular formula is C25H40N4O5. The zero-order valence-electron chi connectivity index (χ0n) is 21.0. The Kier molecular flexibility index (Phi) is 11.7. The molecule has 0 aliphatic rings. The highest BCUT2D eigenvalue weighted by Gasteiger charge is 2.33. The molecule has 0 saturated carbocycles. The average molecular weight is 477 g/mol. The lowest BCUT2D eigenvalue weighted by Crippen LogP contribution is -2.59. The van der Waals surface area contributed by atoms with Crippen LogP contribution in [0.5, 0.6) is 0 Å². The highest BCUT2D eigenvalue weighted by Crippen LogP contribution is 2.10. The molecule has 4 unspecified atom stereocenters. The molecule has 9 heteroatoms. The van der Waals surface area contributed by atoms with Gasteiger partial charge in [0.05, 0.1) is 6.04 Å². The molecule has 6 N–H and O–H groups in total. The van der Waals surface area contributed by atoms with E-state index in [0.717, 1.165) is 5.56 Å². The van der Waals surface area contributed by atoms with Crippen molar-refractivity contribution in [2.45, 2.75) is 78.6 Å². The molecular weight excluding hydrogens is 436 g/mol. The molecule has 1 aromatic rings. The van der Waals surface area contributed by atoms with E-state index in [4.69, 9.17) is 5.73 Å². The zero-order valence-corrected chi connectivity index (χ0v) is 21.0. The number of carbonyl (C=O) groups excluding carboxylic acids is 3. The molecule has 0 aromatic heterocycles. The van der Waals surface area contributed by atoms with Crippen molar-refractivity contribution in [1.29, 1.82) is 0 Å². The minimum Gasteiger partial charge on any atom is -0.480 e. The standard InChI is InChI=1S/C25H40N4O5/c1-14(2)12-18(26)22(30)28-21(16(5)6)24(32)29-20(15(3)4)23(31)27-19(25(33)34)13-17-10-8-7-9-11-17/h7-11,14-16,18-21H,12-13,26H2,1-6H3,(H,27,31)(H,28,30)(H,29,32)(H,33,34). The number of nitrogens with two attached hydrogens (primary N) is 1. The lowest BCUT2D eigenvalue weighted by molar-refractivity contribution is -0.142. The maximum absolute atomic E-state index is 13.0. The second kappa shape index (κ2) is 13.7. The fourth-order valence-electron chi connectivity index (χ4n) is 3.50. The van der Waals surface area contributed by atoms with Gasteiger partial charge in [-0.3, -0.25) is 14.4 Å². The van der Waals surface area contributed by atoms with Crippen molar-refractivity contribution in [2.24, 2.45) is 23.5 Å². The molecule has 1 aromatic carbocycles. The molecule has 0 saturated heterocycles. The summed E-state index contributed by atoms with van der Waals surface area (Å²) in [4.78, 5) is 50.2. The fraction of sp³-hybridized carbons (Fsp3) is 0.600. The van der Waals surface area contributed by atoms with Crippen molar-refractivity contribution in [3.05, 3.63) is 35.9 Å². The van der Waals surface area contributed by atoms with Gasteiger partial charge in [0.2, 0.25) is 17.7 Å². The van der Waals surface area contributed by atoms with E-state index >= 15 is 0 Å². The normalized spacial score (nSPS) is 14.9. The Morgan fingerprint density at radius 3 is 1.71 bits per heavy atom. The van der Waals surface area contributed by atoms with Crippen LogP contribution in [-0.4, -0.2) is 53.0 Å². The Labute approximate surface area is 202 Å². The van der Waals surface area contributed by atoms with Crippen LogP contribution >= 0.6 is 0 Å². The van der Waals surface area contributed by atoms with Gasteiger partial charge in [-0.15, -0.1) is 0 Å². The summed E-state index contributed by atoms with van der Waals surface area (Å²) >= 11 is 0. The number of aliphatic carboxylic acids is 1. The minimum absolute atomic E-state index is 0.110. The maximum atomic E-state index is 13.0. The van der Waals surface area contributed by atoms with Crippen LogP contribution in [0.2, 0.25) is 0 Å². The maximum Gasteiger partial charge on any atom is 0.326 e. The first-order valence-electron chi connectivity index (χ1n) is 11.8. The molecule has 0 bridgehead atoms. The smallest absolute Gasteiger partial charge is 0.326 e. The van der Waals surface area contributed by atoms with Crippen molar-refractivity contribution < 1.29 is 24.3 Å². The third-order valence-corrected chi connectivity index (χ3v) is 5.45. The van der Waals surface area contributed by atoms with E-state index in [1.165, 1.54) is 0 Å². The van der Waals surface area contributed by atoms with Gasteiger partial charge in [0, 0.05) is 6.42 Å². The zero-order chi connectivity index (χ0) is 26.0. The molecule has 0 aliphatic carbocycles. The van der Waals surface area contributed by atoms with Gasteiger partial charge in [0.1, 0.15) is 18.1 Å². The predicted molar refractivity (Wildman–Crippen MR) is 131 cm³/mol. The van der Waals surface area contributed by atoms with Gasteiger partial charge in [-0.2, -0.15) is 0 Å². The lowest BCUT2D eigenvalue weighted by atomic mass is 9.98. The molecule has 0 fully saturated rings. The summed E-state index contributed by atoms with van der Waals surface area (Å²) in [6.45, 7) is 11.0. The molecule has 0 heterocycles. The lowest BCUT2D eigenvalue weighted by Gasteiger charge is -2.28. The summed E-state index contributed by atoms with van der Waals surface area (Å²) in [6.07, 6.45) is 0.590. The second-order valence-electron chi connectivity index (χ2n) is 9.79. The first-order chi connectivity index (χ1) is 15.8. The van der Waals surface area contributed by atoms with E-state index in [1.807, 2.05) is 19.9 Å². The molecule has 0 spiro atoms. The van der Waals surface area contributed by atoms with Gasteiger partial charge in [-0.05, 0) is 29.7 Å². The number of amides is 3. The topological polar surface area (TPSA) is 151 Å². The van der Waals surface area contributed by atoms with Crippen LogP contribution in [-0.2, 0) is 25.6 Å². The number of rotatable bonds is 13. The number of nitrogens with one attached hydrogen (secondary N) is 3. The summed E-state index contributed by atoms with van der Waals surface area (Å²) in [5, 5.41) is 17.5. The molecule has 0 aliphatic heterocycles. The van der Waals surface area contributed by atoms with Gasteiger partial charge < -0.3 is 26.8 Å². The summed E-state index contributed by atoms with van der Waals surface area (Å²) in [7, 11) is 0. The minimum atomic E-state index is -1.17. The van der Waals surface area contributed by atoms with Gasteiger partial charge in [-0.25, -0.2) is 4.79 Å². The van der Waals surface area contributed by atoms with Crippen molar-refractivity contribution >= 4 is 23.7 Å². The van der Waals surface area contributed by atoms with Crippen LogP contribution < -0.4 is 21.7 Å². The van der Waals surface area contributed by atoms with E-state index in [2.05, 4.69) is 16.0 Å². The van der Waals surface area contributed by atoms with Crippen LogP contribution in [0, 0.1) is 17.8 Å². The van der Waals surface area contributed by atoms with E-state index < -0.39 is 47.9 Å². The molecule has 0 radical (unpaired) electrons. The first kappa shape index (κ1) is 29.1. The fourth-order valence-corrected chi connectivity index (χ4v) is 3.50. The second-order valence-corrected chi connectivity index (χ2v) is 9.79. The quantitative estimate of drug-likeness (QED) is 0.291. The number of carbonyl (C=O) groups is 4. The summed E-state index contributed by atoms with van der Waals surface area (Å²) < 4.78 is 0. The van der Waals surface area contributed by atoms with Crippen molar-refractivity contribution in [3.63, 3.8) is 0 Å². The van der Waals surface area contributed by atoms with Gasteiger partial charge in [-0.1, -0.05) is 71.9 Å². The third kappa shape index (κ3) is 9.51. The monoisotopic (exact) mass is 476 g/mol. The van der Waals surface area contributed by atoms with Crippen LogP contribution in [0.25, 0.3) is 0 Å². The molecule has 1 rings (SSSR count). The van der Waals surface area contributed by atoms with Gasteiger partial charge in [0.15, 0.2) is 0 Å². The molecule has 190 valence electrons. The van der Waals surface area contributed by atoms with Crippen LogP contribution in [0.3, 0.4) is 0 Å². The molecule has 3 amide bonds. The molecule has 34 heavy (non-hydrogen) atoms. The highest BCUT2D eigenvalue weighted by molar-refractivity contribution is 5.94. The Morgan fingerprint density at radius 1 is 0.794 bits per heavy atom. The Balaban J connectivity index is 2.92. The van der Waals surface area contributed by atoms with Crippen LogP contribution in [0.1, 0.15) is 53.5 Å². The highest BCUT2D eigenvalue weighted by atomic mass is 16.4. The Morgan fingerprint density at radius 2 is 1.26 bits per heavy atom. The van der Waals surface area contributed by atoms with Gasteiger partial charge >= 0.3 is 5.97 Å². The number of carboxylic acids is 1. The molecule has 9 nitrogen and oxygen atoms in total. The number of carboxylic acid groups (broad SMARTS) is 1. The van der Waals surface area contributed by atoms with Crippen molar-refractivity contribution in [2.75, 3.05) is 0 Å². The van der Waals surface area contributed by atoms with E-state index in [9.17, 15) is 24.3 Å². The summed E-state index contributed by atoms with van der Waals surface area (Å²) in [5.74, 6) is -3.07. The Hall–Kier alpha value is -2.94. The SMILES string of the molecule is CC(C)CC(N)C(=O)NC(C(=O)NC(C(=O)NC(Cc1ccccc1)C(=O)O)C(C)C)C(C)C. The molecule has 4 atom stereocenters. The van der Waals surface area contributed by atoms with Crippen LogP contribution in [0.4, 0.5) is 0 Å². The van der Waals surface area contributed by atoms with Gasteiger partial charge in [0.25, 0.3) is 0 Å². The van der Waals surface area contributed by atoms with Crippen LogP contribution in [0.15, 0.2) is 30.3 Å². The van der Waals surface area contributed by atoms with E-state index in [1.54, 1.807) is 52.0 Å². The van der Waals surface area contributed by atoms with Crippen molar-refractivity contribution in [3.8, 4) is 0 Å². The summed E-state index contributed by atoms with van der Waals surface area (Å²) in [5.41, 5.74) is 6.71. The van der Waals surface area contributed by atoms with Crippen molar-refractivity contribution in [1.82, 2.24) is 16.0 Å². The predicted octanol–water partition coefficient (Wildman–Crippen LogP) is 1.45.